The topological polar surface area (TPSA) is 60.7 Å². The van der Waals surface area contributed by atoms with Crippen LogP contribution < -0.4 is 0 Å². The van der Waals surface area contributed by atoms with Crippen LogP contribution >= 0.6 is 0 Å². The number of rotatable bonds is 6. The fourth-order valence-corrected chi connectivity index (χ4v) is 6.64. The zero-order chi connectivity index (χ0) is 23.0. The Balaban J connectivity index is 1.71. The molecule has 3 aliphatic rings. The summed E-state index contributed by atoms with van der Waals surface area (Å²) in [5, 5.41) is 30.1. The molecule has 0 aromatic heterocycles. The third-order valence-corrected chi connectivity index (χ3v) is 8.63. The van der Waals surface area contributed by atoms with Crippen LogP contribution in [0.4, 0.5) is 4.39 Å². The van der Waals surface area contributed by atoms with E-state index in [9.17, 15) is 19.7 Å². The lowest BCUT2D eigenvalue weighted by molar-refractivity contribution is -0.0119. The first-order valence-corrected chi connectivity index (χ1v) is 12.2. The van der Waals surface area contributed by atoms with Crippen molar-refractivity contribution in [3.63, 3.8) is 0 Å². The molecule has 3 fully saturated rings. The van der Waals surface area contributed by atoms with Crippen LogP contribution in [0.3, 0.4) is 0 Å². The second-order valence-electron chi connectivity index (χ2n) is 11.3. The van der Waals surface area contributed by atoms with Gasteiger partial charge >= 0.3 is 0 Å². The van der Waals surface area contributed by atoms with Gasteiger partial charge in [-0.25, -0.2) is 4.39 Å². The summed E-state index contributed by atoms with van der Waals surface area (Å²) in [5.74, 6) is 1.57. The smallest absolute Gasteiger partial charge is 0.128 e. The molecule has 0 radical (unpaired) electrons. The molecule has 0 heterocycles. The molecule has 3 saturated carbocycles. The number of hydrogen-bond donors (Lipinski definition) is 3. The summed E-state index contributed by atoms with van der Waals surface area (Å²) in [6.45, 7) is 11.8. The molecule has 3 N–H and O–H groups in total. The van der Waals surface area contributed by atoms with Crippen molar-refractivity contribution < 1.29 is 19.7 Å². The predicted octanol–water partition coefficient (Wildman–Crippen LogP) is 5.65. The summed E-state index contributed by atoms with van der Waals surface area (Å²) in [6.07, 6.45) is 10.0. The van der Waals surface area contributed by atoms with E-state index in [1.807, 2.05) is 0 Å². The molecule has 3 nitrogen and oxygen atoms in total. The van der Waals surface area contributed by atoms with Gasteiger partial charge in [0.2, 0.25) is 0 Å². The number of fused-ring (bicyclic) bond motifs is 1. The molecule has 0 aromatic carbocycles. The van der Waals surface area contributed by atoms with Crippen molar-refractivity contribution in [3.05, 3.63) is 35.5 Å². The number of allylic oxidation sites excluding steroid dienone is 3. The van der Waals surface area contributed by atoms with Crippen molar-refractivity contribution in [1.82, 2.24) is 0 Å². The van der Waals surface area contributed by atoms with E-state index >= 15 is 0 Å². The molecule has 0 amide bonds. The Hall–Kier alpha value is -0.970. The van der Waals surface area contributed by atoms with Crippen molar-refractivity contribution >= 4 is 0 Å². The molecule has 0 aliphatic heterocycles. The number of aliphatic hydroxyl groups is 3. The zero-order valence-electron chi connectivity index (χ0n) is 19.9. The van der Waals surface area contributed by atoms with Crippen LogP contribution in [0, 0.1) is 23.2 Å². The predicted molar refractivity (Wildman–Crippen MR) is 124 cm³/mol. The lowest BCUT2D eigenvalue weighted by Gasteiger charge is -2.44. The monoisotopic (exact) mass is 434 g/mol. The molecule has 3 rings (SSSR count). The number of hydrogen-bond acceptors (Lipinski definition) is 3. The molecule has 7 atom stereocenters. The minimum Gasteiger partial charge on any atom is -0.393 e. The second kappa shape index (κ2) is 9.49. The Morgan fingerprint density at radius 3 is 2.61 bits per heavy atom. The zero-order valence-corrected chi connectivity index (χ0v) is 19.9. The van der Waals surface area contributed by atoms with Gasteiger partial charge in [-0.15, -0.1) is 0 Å². The normalized spacial score (nSPS) is 39.0. The summed E-state index contributed by atoms with van der Waals surface area (Å²) in [4.78, 5) is 0. The molecule has 176 valence electrons. The quantitative estimate of drug-likeness (QED) is 0.506. The Morgan fingerprint density at radius 1 is 1.23 bits per heavy atom. The van der Waals surface area contributed by atoms with Gasteiger partial charge in [-0.3, -0.25) is 0 Å². The first-order chi connectivity index (χ1) is 14.4. The van der Waals surface area contributed by atoms with Gasteiger partial charge in [-0.2, -0.15) is 0 Å². The maximum Gasteiger partial charge on any atom is 0.128 e. The van der Waals surface area contributed by atoms with Crippen molar-refractivity contribution in [2.24, 2.45) is 23.2 Å². The van der Waals surface area contributed by atoms with E-state index in [4.69, 9.17) is 0 Å². The van der Waals surface area contributed by atoms with Crippen LogP contribution in [-0.2, 0) is 0 Å². The Bertz CT molecular complexity index is 718. The van der Waals surface area contributed by atoms with Crippen molar-refractivity contribution in [1.29, 1.82) is 0 Å². The minimum absolute atomic E-state index is 0.241. The Kier molecular flexibility index (Phi) is 7.55. The maximum atomic E-state index is 14.3. The third kappa shape index (κ3) is 5.34. The molecular formula is C27H43FO3. The highest BCUT2D eigenvalue weighted by atomic mass is 19.1. The largest absolute Gasteiger partial charge is 0.393 e. The van der Waals surface area contributed by atoms with E-state index in [1.54, 1.807) is 13.8 Å². The van der Waals surface area contributed by atoms with E-state index < -0.39 is 24.0 Å². The highest BCUT2D eigenvalue weighted by molar-refractivity contribution is 5.38. The number of halogens is 1. The average Bonchev–Trinajstić information content (AvgIpc) is 3.04. The van der Waals surface area contributed by atoms with Gasteiger partial charge in [0, 0.05) is 6.42 Å². The van der Waals surface area contributed by atoms with E-state index in [0.29, 0.717) is 37.0 Å². The molecule has 4 heteroatoms. The van der Waals surface area contributed by atoms with Crippen LogP contribution in [0.1, 0.15) is 85.5 Å². The molecule has 2 unspecified atom stereocenters. The highest BCUT2D eigenvalue weighted by Gasteiger charge is 2.50. The van der Waals surface area contributed by atoms with Gasteiger partial charge in [0.05, 0.1) is 17.8 Å². The third-order valence-electron chi connectivity index (χ3n) is 8.63. The van der Waals surface area contributed by atoms with Gasteiger partial charge in [0.1, 0.15) is 6.17 Å². The van der Waals surface area contributed by atoms with Gasteiger partial charge in [0.25, 0.3) is 0 Å². The van der Waals surface area contributed by atoms with Crippen LogP contribution in [0.5, 0.6) is 0 Å². The van der Waals surface area contributed by atoms with Crippen molar-refractivity contribution in [3.8, 4) is 0 Å². The van der Waals surface area contributed by atoms with Crippen LogP contribution in [0.15, 0.2) is 35.5 Å². The fourth-order valence-electron chi connectivity index (χ4n) is 6.64. The number of alkyl halides is 1. The van der Waals surface area contributed by atoms with E-state index in [-0.39, 0.29) is 5.41 Å². The summed E-state index contributed by atoms with van der Waals surface area (Å²) in [5.41, 5.74) is 2.17. The molecular weight excluding hydrogens is 391 g/mol. The molecule has 0 saturated heterocycles. The minimum atomic E-state index is -1.26. The molecule has 0 spiro atoms. The van der Waals surface area contributed by atoms with E-state index in [2.05, 4.69) is 32.6 Å². The first kappa shape index (κ1) is 24.7. The molecule has 31 heavy (non-hydrogen) atoms. The van der Waals surface area contributed by atoms with Crippen LogP contribution in [0.2, 0.25) is 0 Å². The Morgan fingerprint density at radius 2 is 1.94 bits per heavy atom. The van der Waals surface area contributed by atoms with Gasteiger partial charge in [-0.05, 0) is 99.5 Å². The van der Waals surface area contributed by atoms with Gasteiger partial charge < -0.3 is 15.3 Å². The van der Waals surface area contributed by atoms with E-state index in [1.165, 1.54) is 31.3 Å². The maximum absolute atomic E-state index is 14.3. The lowest BCUT2D eigenvalue weighted by Crippen LogP contribution is -2.37. The van der Waals surface area contributed by atoms with Gasteiger partial charge in [0.15, 0.2) is 0 Å². The lowest BCUT2D eigenvalue weighted by atomic mass is 9.60. The highest BCUT2D eigenvalue weighted by Crippen LogP contribution is 2.60. The Labute approximate surface area is 188 Å². The summed E-state index contributed by atoms with van der Waals surface area (Å²) in [7, 11) is 0. The number of aliphatic hydroxyl groups excluding tert-OH is 2. The van der Waals surface area contributed by atoms with Crippen molar-refractivity contribution in [2.45, 2.75) is 109 Å². The fraction of sp³-hybridized carbons (Fsp3) is 0.778. The summed E-state index contributed by atoms with van der Waals surface area (Å²) >= 11 is 0. The van der Waals surface area contributed by atoms with Crippen molar-refractivity contribution in [2.75, 3.05) is 0 Å². The standard InChI is InChI=1S/C27H43FO3/c1-17(8-13-25(28)26(3,4)31)22-11-12-23-19(7-6-14-27(22,23)5)9-10-20-15-21(29)16-24(30)18(20)2/h9-10,17,21-25,29-31H,2,6-8,11-16H2,1,3-5H3/b19-9?,20-10-/t17-,21-,22-,23?,24?,25-,27-/m1/s1. The summed E-state index contributed by atoms with van der Waals surface area (Å²) in [6, 6.07) is 0. The summed E-state index contributed by atoms with van der Waals surface area (Å²) < 4.78 is 14.3. The SMILES string of the molecule is C=C1/C(=C\C=C2CCC[C@@]3(C)C2CC[C@@H]3[C@H](C)CC[C@@H](F)C(C)(C)O)C[C@@H](O)CC1O. The molecule has 0 aromatic rings. The second-order valence-corrected chi connectivity index (χ2v) is 11.3. The molecule has 3 aliphatic carbocycles. The average molecular weight is 435 g/mol. The van der Waals surface area contributed by atoms with Gasteiger partial charge in [-0.1, -0.05) is 38.2 Å². The van der Waals surface area contributed by atoms with Crippen LogP contribution in [-0.4, -0.2) is 39.3 Å². The van der Waals surface area contributed by atoms with E-state index in [0.717, 1.165) is 24.0 Å². The molecule has 0 bridgehead atoms. The first-order valence-electron chi connectivity index (χ1n) is 12.2. The van der Waals surface area contributed by atoms with Crippen LogP contribution in [0.25, 0.3) is 0 Å².